The molecule has 49 valence electrons. The quantitative estimate of drug-likeness (QED) is 0.563. The summed E-state index contributed by atoms with van der Waals surface area (Å²) in [5.74, 6) is 0. The minimum atomic E-state index is 1.06. The maximum atomic E-state index is 3.89. The first-order valence-electron chi connectivity index (χ1n) is 3.26. The van der Waals surface area contributed by atoms with Crippen molar-refractivity contribution in [2.45, 2.75) is 0 Å². The van der Waals surface area contributed by atoms with Crippen LogP contribution in [0.4, 0.5) is 0 Å². The third-order valence-corrected chi connectivity index (χ3v) is 1.67. The highest BCUT2D eigenvalue weighted by Crippen LogP contribution is 2.14. The van der Waals surface area contributed by atoms with Gasteiger partial charge in [0.25, 0.3) is 0 Å². The summed E-state index contributed by atoms with van der Waals surface area (Å²) in [6, 6.07) is 8.13. The van der Waals surface area contributed by atoms with Crippen molar-refractivity contribution in [3.63, 3.8) is 0 Å². The van der Waals surface area contributed by atoms with E-state index in [-0.39, 0.29) is 0 Å². The van der Waals surface area contributed by atoms with Crippen molar-refractivity contribution < 1.29 is 0 Å². The highest BCUT2D eigenvalue weighted by molar-refractivity contribution is 5.82. The molecule has 0 fully saturated rings. The first kappa shape index (κ1) is 5.54. The van der Waals surface area contributed by atoms with Gasteiger partial charge in [0.1, 0.15) is 0 Å². The van der Waals surface area contributed by atoms with Gasteiger partial charge in [-0.3, -0.25) is 0 Å². The van der Waals surface area contributed by atoms with Gasteiger partial charge in [0.05, 0.1) is 0 Å². The van der Waals surface area contributed by atoms with Gasteiger partial charge in [-0.05, 0) is 23.9 Å². The highest BCUT2D eigenvalue weighted by Gasteiger charge is 1.93. The second-order valence-electron chi connectivity index (χ2n) is 2.36. The summed E-state index contributed by atoms with van der Waals surface area (Å²) >= 11 is 0. The summed E-state index contributed by atoms with van der Waals surface area (Å²) in [6.07, 6.45) is 1.93. The molecule has 0 saturated carbocycles. The van der Waals surface area contributed by atoms with Crippen molar-refractivity contribution in [1.29, 1.82) is 0 Å². The van der Waals surface area contributed by atoms with Gasteiger partial charge in [0.2, 0.25) is 0 Å². The summed E-state index contributed by atoms with van der Waals surface area (Å²) < 4.78 is 0. The zero-order valence-corrected chi connectivity index (χ0v) is 5.59. The molecule has 0 atom stereocenters. The minimum Gasteiger partial charge on any atom is -0.361 e. The molecular formula is C9H8N. The molecule has 0 bridgehead atoms. The predicted molar refractivity (Wildman–Crippen MR) is 42.8 cm³/mol. The molecule has 0 aliphatic carbocycles. The van der Waals surface area contributed by atoms with E-state index in [1.165, 1.54) is 5.39 Å². The normalized spacial score (nSPS) is 10.5. The SMILES string of the molecule is [CH2]c1cccc2cc[nH]c12. The minimum absolute atomic E-state index is 1.06. The lowest BCUT2D eigenvalue weighted by Crippen LogP contribution is -1.72. The zero-order valence-electron chi connectivity index (χ0n) is 5.59. The maximum Gasteiger partial charge on any atom is 0.0486 e. The van der Waals surface area contributed by atoms with Crippen LogP contribution in [-0.2, 0) is 0 Å². The Morgan fingerprint density at radius 2 is 2.10 bits per heavy atom. The number of hydrogen-bond donors (Lipinski definition) is 1. The number of aromatic nitrogens is 1. The fourth-order valence-corrected chi connectivity index (χ4v) is 1.15. The molecule has 2 aromatic rings. The lowest BCUT2D eigenvalue weighted by Gasteiger charge is -1.92. The number of rotatable bonds is 0. The molecule has 0 unspecified atom stereocenters. The van der Waals surface area contributed by atoms with Crippen LogP contribution in [-0.4, -0.2) is 4.98 Å². The standard InChI is InChI=1S/C9H8N/c1-7-3-2-4-8-5-6-10-9(7)8/h2-6,10H,1H2. The summed E-state index contributed by atoms with van der Waals surface area (Å²) in [6.45, 7) is 3.89. The smallest absolute Gasteiger partial charge is 0.0486 e. The summed E-state index contributed by atoms with van der Waals surface area (Å²) in [5.41, 5.74) is 2.20. The fourth-order valence-electron chi connectivity index (χ4n) is 1.15. The predicted octanol–water partition coefficient (Wildman–Crippen LogP) is 2.35. The highest BCUT2D eigenvalue weighted by atomic mass is 14.7. The Balaban J connectivity index is 2.95. The fraction of sp³-hybridized carbons (Fsp3) is 0. The van der Waals surface area contributed by atoms with Gasteiger partial charge in [-0.15, -0.1) is 0 Å². The van der Waals surface area contributed by atoms with Crippen LogP contribution in [0.1, 0.15) is 5.56 Å². The number of hydrogen-bond acceptors (Lipinski definition) is 0. The molecular weight excluding hydrogens is 122 g/mol. The van der Waals surface area contributed by atoms with Gasteiger partial charge >= 0.3 is 0 Å². The number of aromatic amines is 1. The molecule has 1 heterocycles. The van der Waals surface area contributed by atoms with E-state index in [4.69, 9.17) is 0 Å². The molecule has 0 amide bonds. The third-order valence-electron chi connectivity index (χ3n) is 1.67. The first-order valence-corrected chi connectivity index (χ1v) is 3.26. The van der Waals surface area contributed by atoms with Crippen LogP contribution in [0.25, 0.3) is 10.9 Å². The summed E-state index contributed by atoms with van der Waals surface area (Å²) in [5, 5.41) is 1.23. The average molecular weight is 130 g/mol. The lowest BCUT2D eigenvalue weighted by molar-refractivity contribution is 1.46. The van der Waals surface area contributed by atoms with E-state index >= 15 is 0 Å². The van der Waals surface area contributed by atoms with Gasteiger partial charge in [-0.1, -0.05) is 18.2 Å². The molecule has 1 nitrogen and oxygen atoms in total. The number of fused-ring (bicyclic) bond motifs is 1. The molecule has 2 rings (SSSR count). The van der Waals surface area contributed by atoms with Crippen LogP contribution in [0.5, 0.6) is 0 Å². The molecule has 0 saturated heterocycles. The largest absolute Gasteiger partial charge is 0.361 e. The second kappa shape index (κ2) is 1.87. The monoisotopic (exact) mass is 130 g/mol. The Morgan fingerprint density at radius 3 is 2.90 bits per heavy atom. The topological polar surface area (TPSA) is 15.8 Å². The van der Waals surface area contributed by atoms with Crippen molar-refractivity contribution in [1.82, 2.24) is 4.98 Å². The van der Waals surface area contributed by atoms with E-state index in [1.807, 2.05) is 24.4 Å². The van der Waals surface area contributed by atoms with E-state index < -0.39 is 0 Å². The molecule has 1 N–H and O–H groups in total. The molecule has 1 heteroatoms. The van der Waals surface area contributed by atoms with Crippen molar-refractivity contribution >= 4 is 10.9 Å². The van der Waals surface area contributed by atoms with Crippen molar-refractivity contribution in [2.24, 2.45) is 0 Å². The van der Waals surface area contributed by atoms with Gasteiger partial charge < -0.3 is 4.98 Å². The number of H-pyrrole nitrogens is 1. The van der Waals surface area contributed by atoms with Crippen LogP contribution in [0.15, 0.2) is 30.5 Å². The molecule has 1 aromatic heterocycles. The maximum absolute atomic E-state index is 3.89. The average Bonchev–Trinajstić information content (AvgIpc) is 2.36. The Labute approximate surface area is 59.7 Å². The number of nitrogens with one attached hydrogen (secondary N) is 1. The molecule has 0 aliphatic rings. The Morgan fingerprint density at radius 1 is 1.20 bits per heavy atom. The third kappa shape index (κ3) is 0.637. The summed E-state index contributed by atoms with van der Waals surface area (Å²) in [7, 11) is 0. The van der Waals surface area contributed by atoms with E-state index in [9.17, 15) is 0 Å². The Kier molecular flexibility index (Phi) is 1.04. The van der Waals surface area contributed by atoms with E-state index in [0.717, 1.165) is 11.1 Å². The molecule has 0 aliphatic heterocycles. The Bertz CT molecular complexity index is 346. The van der Waals surface area contributed by atoms with Crippen molar-refractivity contribution in [3.8, 4) is 0 Å². The Hall–Kier alpha value is -1.24. The van der Waals surface area contributed by atoms with Gasteiger partial charge in [-0.25, -0.2) is 0 Å². The van der Waals surface area contributed by atoms with E-state index in [2.05, 4.69) is 18.0 Å². The van der Waals surface area contributed by atoms with Crippen LogP contribution in [0.3, 0.4) is 0 Å². The zero-order chi connectivity index (χ0) is 6.97. The van der Waals surface area contributed by atoms with Crippen LogP contribution in [0, 0.1) is 6.92 Å². The van der Waals surface area contributed by atoms with Crippen molar-refractivity contribution in [2.75, 3.05) is 0 Å². The molecule has 10 heavy (non-hydrogen) atoms. The van der Waals surface area contributed by atoms with Gasteiger partial charge in [-0.2, -0.15) is 0 Å². The molecule has 1 radical (unpaired) electrons. The number of benzene rings is 1. The molecule has 0 spiro atoms. The van der Waals surface area contributed by atoms with E-state index in [1.54, 1.807) is 0 Å². The van der Waals surface area contributed by atoms with Crippen molar-refractivity contribution in [3.05, 3.63) is 42.9 Å². The first-order chi connectivity index (χ1) is 4.88. The van der Waals surface area contributed by atoms with Crippen LogP contribution >= 0.6 is 0 Å². The van der Waals surface area contributed by atoms with Gasteiger partial charge in [0.15, 0.2) is 0 Å². The van der Waals surface area contributed by atoms with E-state index in [0.29, 0.717) is 0 Å². The number of para-hydroxylation sites is 1. The summed E-state index contributed by atoms with van der Waals surface area (Å²) in [4.78, 5) is 3.13. The van der Waals surface area contributed by atoms with Crippen LogP contribution < -0.4 is 0 Å². The van der Waals surface area contributed by atoms with Crippen LogP contribution in [0.2, 0.25) is 0 Å². The molecule has 1 aromatic carbocycles. The lowest BCUT2D eigenvalue weighted by atomic mass is 10.2. The van der Waals surface area contributed by atoms with Gasteiger partial charge in [0, 0.05) is 11.7 Å². The second-order valence-corrected chi connectivity index (χ2v) is 2.36.